The van der Waals surface area contributed by atoms with Gasteiger partial charge in [-0.25, -0.2) is 0 Å². The van der Waals surface area contributed by atoms with Crippen LogP contribution in [0.4, 0.5) is 0 Å². The molecule has 0 aromatic heterocycles. The van der Waals surface area contributed by atoms with Crippen LogP contribution in [-0.2, 0) is 4.79 Å². The maximum absolute atomic E-state index is 12.4. The van der Waals surface area contributed by atoms with Crippen LogP contribution in [0.2, 0.25) is 0 Å². The summed E-state index contributed by atoms with van der Waals surface area (Å²) in [5.74, 6) is 3.65. The third kappa shape index (κ3) is 3.77. The summed E-state index contributed by atoms with van der Waals surface area (Å²) >= 11 is 0. The average molecular weight is 277 g/mol. The molecule has 3 aliphatic rings. The molecule has 2 atom stereocenters. The lowest BCUT2D eigenvalue weighted by Crippen LogP contribution is -2.38. The molecule has 1 amide bonds. The van der Waals surface area contributed by atoms with Gasteiger partial charge in [0.1, 0.15) is 0 Å². The highest BCUT2D eigenvalue weighted by Crippen LogP contribution is 2.50. The summed E-state index contributed by atoms with van der Waals surface area (Å²) in [7, 11) is 0. The van der Waals surface area contributed by atoms with Gasteiger partial charge in [0, 0.05) is 12.5 Å². The lowest BCUT2D eigenvalue weighted by molar-refractivity contribution is -0.123. The van der Waals surface area contributed by atoms with Crippen LogP contribution in [0, 0.1) is 23.7 Å². The first-order valence-electron chi connectivity index (χ1n) is 9.07. The number of carbonyl (C=O) groups excluding carboxylic acids is 1. The van der Waals surface area contributed by atoms with Gasteiger partial charge in [-0.3, -0.25) is 4.79 Å². The monoisotopic (exact) mass is 277 g/mol. The van der Waals surface area contributed by atoms with Gasteiger partial charge in [-0.1, -0.05) is 26.2 Å². The van der Waals surface area contributed by atoms with Crippen LogP contribution in [0.1, 0.15) is 77.6 Å². The highest BCUT2D eigenvalue weighted by molar-refractivity contribution is 5.76. The van der Waals surface area contributed by atoms with E-state index in [4.69, 9.17) is 0 Å². The molecule has 0 heterocycles. The van der Waals surface area contributed by atoms with E-state index in [1.54, 1.807) is 0 Å². The smallest absolute Gasteiger partial charge is 0.220 e. The minimum absolute atomic E-state index is 0.363. The maximum atomic E-state index is 12.4. The van der Waals surface area contributed by atoms with Crippen molar-refractivity contribution in [2.45, 2.75) is 83.6 Å². The van der Waals surface area contributed by atoms with E-state index in [1.165, 1.54) is 64.2 Å². The number of unbranched alkanes of at least 4 members (excludes halogenated alkanes) is 1. The van der Waals surface area contributed by atoms with Crippen LogP contribution in [0.3, 0.4) is 0 Å². The standard InChI is InChI=1S/C18H31NO/c1-2-3-5-15-6-4-7-17(15)19-18(20)12-16(13-8-9-13)14-10-11-14/h13-17H,2-12H2,1H3,(H,19,20). The minimum atomic E-state index is 0.363. The number of rotatable bonds is 8. The van der Waals surface area contributed by atoms with Crippen LogP contribution in [0.15, 0.2) is 0 Å². The molecule has 114 valence electrons. The van der Waals surface area contributed by atoms with Crippen molar-refractivity contribution in [2.24, 2.45) is 23.7 Å². The molecule has 20 heavy (non-hydrogen) atoms. The fourth-order valence-electron chi connectivity index (χ4n) is 4.29. The third-order valence-electron chi connectivity index (χ3n) is 5.81. The van der Waals surface area contributed by atoms with E-state index < -0.39 is 0 Å². The van der Waals surface area contributed by atoms with Crippen molar-refractivity contribution in [2.75, 3.05) is 0 Å². The van der Waals surface area contributed by atoms with Gasteiger partial charge in [0.05, 0.1) is 0 Å². The molecule has 0 saturated heterocycles. The Balaban J connectivity index is 1.45. The molecule has 3 saturated carbocycles. The van der Waals surface area contributed by atoms with E-state index >= 15 is 0 Å². The Kier molecular flexibility index (Phi) is 4.68. The zero-order chi connectivity index (χ0) is 13.9. The van der Waals surface area contributed by atoms with Gasteiger partial charge in [-0.2, -0.15) is 0 Å². The molecule has 2 unspecified atom stereocenters. The molecule has 0 radical (unpaired) electrons. The van der Waals surface area contributed by atoms with Crippen molar-refractivity contribution in [1.82, 2.24) is 5.32 Å². The van der Waals surface area contributed by atoms with E-state index in [0.717, 1.165) is 30.1 Å². The lowest BCUT2D eigenvalue weighted by Gasteiger charge is -2.22. The second kappa shape index (κ2) is 6.49. The summed E-state index contributed by atoms with van der Waals surface area (Å²) in [6, 6.07) is 0.494. The predicted octanol–water partition coefficient (Wildman–Crippen LogP) is 4.29. The van der Waals surface area contributed by atoms with Crippen molar-refractivity contribution < 1.29 is 4.79 Å². The van der Waals surface area contributed by atoms with E-state index in [1.807, 2.05) is 0 Å². The Hall–Kier alpha value is -0.530. The Morgan fingerprint density at radius 2 is 1.80 bits per heavy atom. The molecular weight excluding hydrogens is 246 g/mol. The summed E-state index contributed by atoms with van der Waals surface area (Å²) in [5.41, 5.74) is 0. The van der Waals surface area contributed by atoms with Gasteiger partial charge in [-0.15, -0.1) is 0 Å². The van der Waals surface area contributed by atoms with Crippen LogP contribution < -0.4 is 5.32 Å². The predicted molar refractivity (Wildman–Crippen MR) is 82.4 cm³/mol. The minimum Gasteiger partial charge on any atom is -0.353 e. The van der Waals surface area contributed by atoms with Crippen molar-refractivity contribution in [3.63, 3.8) is 0 Å². The number of carbonyl (C=O) groups is 1. The number of nitrogens with one attached hydrogen (secondary N) is 1. The molecule has 0 aromatic carbocycles. The van der Waals surface area contributed by atoms with Crippen LogP contribution in [0.25, 0.3) is 0 Å². The van der Waals surface area contributed by atoms with E-state index in [-0.39, 0.29) is 0 Å². The van der Waals surface area contributed by atoms with E-state index in [2.05, 4.69) is 12.2 Å². The average Bonchev–Trinajstić information content (AvgIpc) is 3.34. The molecule has 2 heteroatoms. The maximum Gasteiger partial charge on any atom is 0.220 e. The molecule has 2 nitrogen and oxygen atoms in total. The van der Waals surface area contributed by atoms with Gasteiger partial charge in [-0.05, 0) is 68.6 Å². The van der Waals surface area contributed by atoms with Crippen LogP contribution >= 0.6 is 0 Å². The van der Waals surface area contributed by atoms with Gasteiger partial charge in [0.2, 0.25) is 5.91 Å². The highest BCUT2D eigenvalue weighted by atomic mass is 16.1. The largest absolute Gasteiger partial charge is 0.353 e. The van der Waals surface area contributed by atoms with Crippen LogP contribution in [-0.4, -0.2) is 11.9 Å². The Bertz CT molecular complexity index is 320. The first kappa shape index (κ1) is 14.4. The van der Waals surface area contributed by atoms with Crippen LogP contribution in [0.5, 0.6) is 0 Å². The molecular formula is C18H31NO. The topological polar surface area (TPSA) is 29.1 Å². The molecule has 0 aliphatic heterocycles. The first-order valence-corrected chi connectivity index (χ1v) is 9.07. The van der Waals surface area contributed by atoms with Gasteiger partial charge in [0.15, 0.2) is 0 Å². The fraction of sp³-hybridized carbons (Fsp3) is 0.944. The number of hydrogen-bond acceptors (Lipinski definition) is 1. The lowest BCUT2D eigenvalue weighted by atomic mass is 9.92. The Morgan fingerprint density at radius 1 is 1.10 bits per heavy atom. The molecule has 3 aliphatic carbocycles. The van der Waals surface area contributed by atoms with Crippen molar-refractivity contribution >= 4 is 5.91 Å². The molecule has 3 rings (SSSR count). The van der Waals surface area contributed by atoms with Gasteiger partial charge in [0.25, 0.3) is 0 Å². The van der Waals surface area contributed by atoms with Gasteiger partial charge < -0.3 is 5.32 Å². The zero-order valence-corrected chi connectivity index (χ0v) is 13.1. The first-order chi connectivity index (χ1) is 9.78. The molecule has 3 fully saturated rings. The summed E-state index contributed by atoms with van der Waals surface area (Å²) in [4.78, 5) is 12.4. The second-order valence-electron chi connectivity index (χ2n) is 7.55. The quantitative estimate of drug-likeness (QED) is 0.704. The summed E-state index contributed by atoms with van der Waals surface area (Å²) in [6.07, 6.45) is 14.2. The van der Waals surface area contributed by atoms with Crippen molar-refractivity contribution in [3.05, 3.63) is 0 Å². The summed E-state index contributed by atoms with van der Waals surface area (Å²) < 4.78 is 0. The second-order valence-corrected chi connectivity index (χ2v) is 7.55. The molecule has 1 N–H and O–H groups in total. The Labute approximate surface area is 124 Å². The Morgan fingerprint density at radius 3 is 2.40 bits per heavy atom. The number of hydrogen-bond donors (Lipinski definition) is 1. The molecule has 0 bridgehead atoms. The van der Waals surface area contributed by atoms with Gasteiger partial charge >= 0.3 is 0 Å². The highest BCUT2D eigenvalue weighted by Gasteiger charge is 2.42. The zero-order valence-electron chi connectivity index (χ0n) is 13.1. The fourth-order valence-corrected chi connectivity index (χ4v) is 4.29. The van der Waals surface area contributed by atoms with Crippen molar-refractivity contribution in [1.29, 1.82) is 0 Å². The van der Waals surface area contributed by atoms with E-state index in [0.29, 0.717) is 11.9 Å². The molecule has 0 spiro atoms. The normalized spacial score (nSPS) is 29.9. The SMILES string of the molecule is CCCCC1CCCC1NC(=O)CC(C1CC1)C1CC1. The molecule has 0 aromatic rings. The van der Waals surface area contributed by atoms with Crippen molar-refractivity contribution in [3.8, 4) is 0 Å². The third-order valence-corrected chi connectivity index (χ3v) is 5.81. The summed E-state index contributed by atoms with van der Waals surface area (Å²) in [6.45, 7) is 2.26. The summed E-state index contributed by atoms with van der Waals surface area (Å²) in [5, 5.41) is 3.39. The number of amides is 1. The van der Waals surface area contributed by atoms with E-state index in [9.17, 15) is 4.79 Å².